The van der Waals surface area contributed by atoms with Gasteiger partial charge in [0.05, 0.1) is 12.4 Å². The molecule has 1 aromatic heterocycles. The van der Waals surface area contributed by atoms with Crippen molar-refractivity contribution < 1.29 is 4.79 Å². The van der Waals surface area contributed by atoms with E-state index in [1.807, 2.05) is 12.1 Å². The zero-order valence-electron chi connectivity index (χ0n) is 12.5. The summed E-state index contributed by atoms with van der Waals surface area (Å²) in [6.45, 7) is 2.12. The number of halogens is 2. The Morgan fingerprint density at radius 2 is 2.00 bits per heavy atom. The molecular weight excluding hydrogens is 335 g/mol. The minimum atomic E-state index is -0.295. The molecule has 0 bridgehead atoms. The molecule has 0 spiro atoms. The van der Waals surface area contributed by atoms with Gasteiger partial charge < -0.3 is 10.6 Å². The average Bonchev–Trinajstić information content (AvgIpc) is 2.57. The van der Waals surface area contributed by atoms with Crippen LogP contribution < -0.4 is 10.6 Å². The van der Waals surface area contributed by atoms with Crippen molar-refractivity contribution in [2.75, 3.05) is 18.4 Å². The number of hydrogen-bond donors (Lipinski definition) is 2. The molecule has 122 valence electrons. The molecule has 1 amide bonds. The third-order valence-electron chi connectivity index (χ3n) is 3.79. The molecule has 1 fully saturated rings. The summed E-state index contributed by atoms with van der Waals surface area (Å²) in [7, 11) is 0. The molecule has 7 heteroatoms. The van der Waals surface area contributed by atoms with E-state index in [0.717, 1.165) is 18.8 Å². The lowest BCUT2D eigenvalue weighted by atomic mass is 9.92. The van der Waals surface area contributed by atoms with Crippen molar-refractivity contribution in [1.82, 2.24) is 15.3 Å². The number of anilines is 1. The number of benzene rings is 1. The lowest BCUT2D eigenvalue weighted by Crippen LogP contribution is -2.28. The molecular formula is C16H18Cl2N4O. The SMILES string of the molecule is Cl.O=C(Nc1ccc(C2CCCNC2)cc1)c1cnc(Cl)cn1. The lowest BCUT2D eigenvalue weighted by molar-refractivity contribution is 0.102. The van der Waals surface area contributed by atoms with Crippen molar-refractivity contribution in [3.63, 3.8) is 0 Å². The highest BCUT2D eigenvalue weighted by Gasteiger charge is 2.15. The number of nitrogens with zero attached hydrogens (tertiary/aromatic N) is 2. The fourth-order valence-electron chi connectivity index (χ4n) is 2.60. The van der Waals surface area contributed by atoms with Crippen molar-refractivity contribution in [2.45, 2.75) is 18.8 Å². The lowest BCUT2D eigenvalue weighted by Gasteiger charge is -2.23. The smallest absolute Gasteiger partial charge is 0.275 e. The first-order valence-electron chi connectivity index (χ1n) is 7.32. The Kier molecular flexibility index (Phi) is 6.33. The van der Waals surface area contributed by atoms with Crippen LogP contribution >= 0.6 is 24.0 Å². The zero-order valence-corrected chi connectivity index (χ0v) is 14.0. The monoisotopic (exact) mass is 352 g/mol. The topological polar surface area (TPSA) is 66.9 Å². The fourth-order valence-corrected chi connectivity index (χ4v) is 2.70. The second kappa shape index (κ2) is 8.24. The van der Waals surface area contributed by atoms with Crippen LogP contribution in [0.4, 0.5) is 5.69 Å². The predicted molar refractivity (Wildman–Crippen MR) is 93.5 cm³/mol. The molecule has 2 aromatic rings. The molecule has 3 rings (SSSR count). The number of carbonyl (C=O) groups excluding carboxylic acids is 1. The molecule has 1 aliphatic rings. The summed E-state index contributed by atoms with van der Waals surface area (Å²) in [5.41, 5.74) is 2.29. The van der Waals surface area contributed by atoms with E-state index in [0.29, 0.717) is 5.92 Å². The minimum Gasteiger partial charge on any atom is -0.321 e. The average molecular weight is 353 g/mol. The van der Waals surface area contributed by atoms with E-state index in [1.165, 1.54) is 30.8 Å². The summed E-state index contributed by atoms with van der Waals surface area (Å²) in [5, 5.41) is 6.48. The molecule has 0 aliphatic carbocycles. The van der Waals surface area contributed by atoms with Gasteiger partial charge in [0.1, 0.15) is 10.8 Å². The van der Waals surface area contributed by atoms with E-state index < -0.39 is 0 Å². The highest BCUT2D eigenvalue weighted by Crippen LogP contribution is 2.24. The highest BCUT2D eigenvalue weighted by atomic mass is 35.5. The normalized spacial score (nSPS) is 17.2. The van der Waals surface area contributed by atoms with Gasteiger partial charge in [-0.25, -0.2) is 9.97 Å². The fraction of sp³-hybridized carbons (Fsp3) is 0.312. The summed E-state index contributed by atoms with van der Waals surface area (Å²) in [6.07, 6.45) is 5.13. The van der Waals surface area contributed by atoms with Gasteiger partial charge in [0.25, 0.3) is 5.91 Å². The Balaban J connectivity index is 0.00000192. The van der Waals surface area contributed by atoms with Crippen LogP contribution in [0.1, 0.15) is 34.8 Å². The third-order valence-corrected chi connectivity index (χ3v) is 3.98. The van der Waals surface area contributed by atoms with Gasteiger partial charge in [-0.2, -0.15) is 0 Å². The zero-order chi connectivity index (χ0) is 15.4. The minimum absolute atomic E-state index is 0. The number of amides is 1. The van der Waals surface area contributed by atoms with Gasteiger partial charge in [0, 0.05) is 12.2 Å². The van der Waals surface area contributed by atoms with Crippen LogP contribution in [0.5, 0.6) is 0 Å². The number of nitrogens with one attached hydrogen (secondary N) is 2. The Hall–Kier alpha value is -1.69. The molecule has 23 heavy (non-hydrogen) atoms. The van der Waals surface area contributed by atoms with Gasteiger partial charge in [-0.1, -0.05) is 23.7 Å². The van der Waals surface area contributed by atoms with Gasteiger partial charge >= 0.3 is 0 Å². The van der Waals surface area contributed by atoms with E-state index in [4.69, 9.17) is 11.6 Å². The summed E-state index contributed by atoms with van der Waals surface area (Å²) in [4.78, 5) is 19.8. The number of piperidine rings is 1. The van der Waals surface area contributed by atoms with Crippen LogP contribution in [-0.2, 0) is 0 Å². The first-order chi connectivity index (χ1) is 10.7. The van der Waals surface area contributed by atoms with Crippen molar-refractivity contribution >= 4 is 35.6 Å². The second-order valence-electron chi connectivity index (χ2n) is 5.34. The maximum atomic E-state index is 12.0. The number of rotatable bonds is 3. The number of aromatic nitrogens is 2. The molecule has 1 atom stereocenters. The van der Waals surface area contributed by atoms with Crippen LogP contribution in [0, 0.1) is 0 Å². The van der Waals surface area contributed by atoms with Crippen molar-refractivity contribution in [3.8, 4) is 0 Å². The van der Waals surface area contributed by atoms with E-state index in [1.54, 1.807) is 0 Å². The maximum Gasteiger partial charge on any atom is 0.275 e. The largest absolute Gasteiger partial charge is 0.321 e. The summed E-state index contributed by atoms with van der Waals surface area (Å²) in [5.74, 6) is 0.261. The molecule has 1 unspecified atom stereocenters. The van der Waals surface area contributed by atoms with E-state index >= 15 is 0 Å². The molecule has 1 aliphatic heterocycles. The summed E-state index contributed by atoms with van der Waals surface area (Å²) >= 11 is 5.66. The van der Waals surface area contributed by atoms with Crippen LogP contribution in [0.3, 0.4) is 0 Å². The number of hydrogen-bond acceptors (Lipinski definition) is 4. The van der Waals surface area contributed by atoms with E-state index in [-0.39, 0.29) is 29.2 Å². The molecule has 0 radical (unpaired) electrons. The maximum absolute atomic E-state index is 12.0. The van der Waals surface area contributed by atoms with Gasteiger partial charge in [0.2, 0.25) is 0 Å². The Bertz CT molecular complexity index is 640. The van der Waals surface area contributed by atoms with Crippen molar-refractivity contribution in [1.29, 1.82) is 0 Å². The Morgan fingerprint density at radius 1 is 1.22 bits per heavy atom. The first kappa shape index (κ1) is 17.7. The van der Waals surface area contributed by atoms with Crippen LogP contribution in [-0.4, -0.2) is 29.0 Å². The molecule has 2 heterocycles. The Morgan fingerprint density at radius 3 is 2.61 bits per heavy atom. The van der Waals surface area contributed by atoms with Crippen LogP contribution in [0.2, 0.25) is 5.15 Å². The standard InChI is InChI=1S/C16H17ClN4O.ClH/c17-15-10-19-14(9-20-15)16(22)21-13-5-3-11(4-6-13)12-2-1-7-18-8-12;/h3-6,9-10,12,18H,1-2,7-8H2,(H,21,22);1H. The molecule has 1 saturated heterocycles. The van der Waals surface area contributed by atoms with Gasteiger partial charge in [-0.3, -0.25) is 4.79 Å². The third kappa shape index (κ3) is 4.64. The number of carbonyl (C=O) groups is 1. The first-order valence-corrected chi connectivity index (χ1v) is 7.70. The quantitative estimate of drug-likeness (QED) is 0.889. The summed E-state index contributed by atoms with van der Waals surface area (Å²) in [6, 6.07) is 7.98. The highest BCUT2D eigenvalue weighted by molar-refractivity contribution is 6.29. The van der Waals surface area contributed by atoms with Crippen molar-refractivity contribution in [3.05, 3.63) is 53.1 Å². The summed E-state index contributed by atoms with van der Waals surface area (Å²) < 4.78 is 0. The van der Waals surface area contributed by atoms with Crippen LogP contribution in [0.15, 0.2) is 36.7 Å². The second-order valence-corrected chi connectivity index (χ2v) is 5.73. The van der Waals surface area contributed by atoms with Crippen LogP contribution in [0.25, 0.3) is 0 Å². The Labute approximate surface area is 146 Å². The van der Waals surface area contributed by atoms with E-state index in [2.05, 4.69) is 32.7 Å². The van der Waals surface area contributed by atoms with Gasteiger partial charge in [-0.15, -0.1) is 12.4 Å². The van der Waals surface area contributed by atoms with Crippen molar-refractivity contribution in [2.24, 2.45) is 0 Å². The van der Waals surface area contributed by atoms with E-state index in [9.17, 15) is 4.79 Å². The van der Waals surface area contributed by atoms with Gasteiger partial charge in [-0.05, 0) is 43.0 Å². The molecule has 2 N–H and O–H groups in total. The van der Waals surface area contributed by atoms with Gasteiger partial charge in [0.15, 0.2) is 0 Å². The predicted octanol–water partition coefficient (Wildman–Crippen LogP) is 3.27. The molecule has 5 nitrogen and oxygen atoms in total. The molecule has 0 saturated carbocycles. The molecule has 1 aromatic carbocycles.